The summed E-state index contributed by atoms with van der Waals surface area (Å²) in [5, 5.41) is 11.6. The van der Waals surface area contributed by atoms with E-state index < -0.39 is 0 Å². The maximum Gasteiger partial charge on any atom is 0.0431 e. The largest absolute Gasteiger partial charge is 0.396 e. The first-order valence-electron chi connectivity index (χ1n) is 12.2. The van der Waals surface area contributed by atoms with Crippen molar-refractivity contribution >= 4 is 18.5 Å². The Labute approximate surface area is 186 Å². The van der Waals surface area contributed by atoms with Crippen molar-refractivity contribution < 1.29 is 5.11 Å². The van der Waals surface area contributed by atoms with Gasteiger partial charge in [0.1, 0.15) is 0 Å². The molecule has 164 valence electrons. The van der Waals surface area contributed by atoms with Crippen LogP contribution in [0.3, 0.4) is 0 Å². The molecule has 1 N–H and O–H groups in total. The molecular weight excluding hydrogens is 383 g/mol. The highest BCUT2D eigenvalue weighted by Gasteiger charge is 2.36. The Hall–Kier alpha value is -1.17. The van der Waals surface area contributed by atoms with Crippen molar-refractivity contribution in [2.45, 2.75) is 77.3 Å². The second-order valence-corrected chi connectivity index (χ2v) is 11.9. The predicted molar refractivity (Wildman–Crippen MR) is 133 cm³/mol. The Kier molecular flexibility index (Phi) is 9.89. The van der Waals surface area contributed by atoms with E-state index in [0.717, 1.165) is 29.8 Å². The van der Waals surface area contributed by atoms with Gasteiger partial charge >= 0.3 is 0 Å². The maximum absolute atomic E-state index is 8.53. The van der Waals surface area contributed by atoms with E-state index in [2.05, 4.69) is 74.5 Å². The summed E-state index contributed by atoms with van der Waals surface area (Å²) < 4.78 is 0. The van der Waals surface area contributed by atoms with E-state index in [1.807, 2.05) is 0 Å². The molecule has 2 atom stereocenters. The van der Waals surface area contributed by atoms with Crippen LogP contribution in [0.25, 0.3) is 0 Å². The minimum atomic E-state index is -0.224. The molecule has 0 bridgehead atoms. The molecule has 1 nitrogen and oxygen atoms in total. The molecule has 0 radical (unpaired) electrons. The van der Waals surface area contributed by atoms with Gasteiger partial charge < -0.3 is 5.11 Å². The van der Waals surface area contributed by atoms with Crippen LogP contribution in [0.1, 0.15) is 71.6 Å². The molecule has 2 aromatic rings. The lowest BCUT2D eigenvalue weighted by atomic mass is 9.94. The van der Waals surface area contributed by atoms with Crippen molar-refractivity contribution in [2.75, 3.05) is 6.61 Å². The molecule has 2 unspecified atom stereocenters. The number of aliphatic hydroxyl groups excluding tert-OH is 1. The minimum absolute atomic E-state index is 0.224. The van der Waals surface area contributed by atoms with Crippen LogP contribution in [0, 0.1) is 17.8 Å². The Morgan fingerprint density at radius 3 is 1.87 bits per heavy atom. The maximum atomic E-state index is 8.53. The van der Waals surface area contributed by atoms with Crippen molar-refractivity contribution in [3.63, 3.8) is 0 Å². The van der Waals surface area contributed by atoms with Gasteiger partial charge in [0.15, 0.2) is 0 Å². The molecule has 2 saturated carbocycles. The highest BCUT2D eigenvalue weighted by atomic mass is 31.1. The molecule has 0 aliphatic heterocycles. The molecule has 0 spiro atoms. The molecule has 0 aromatic heterocycles. The minimum Gasteiger partial charge on any atom is -0.396 e. The summed E-state index contributed by atoms with van der Waals surface area (Å²) in [7, 11) is -0.224. The van der Waals surface area contributed by atoms with Gasteiger partial charge in [-0.1, -0.05) is 107 Å². The van der Waals surface area contributed by atoms with E-state index >= 15 is 0 Å². The molecule has 0 heterocycles. The van der Waals surface area contributed by atoms with Crippen LogP contribution < -0.4 is 10.6 Å². The Balaban J connectivity index is 0.000000239. The van der Waals surface area contributed by atoms with Crippen molar-refractivity contribution in [3.05, 3.63) is 60.7 Å². The third-order valence-corrected chi connectivity index (χ3v) is 10.0. The Bertz CT molecular complexity index is 654. The third kappa shape index (κ3) is 6.66. The highest BCUT2D eigenvalue weighted by molar-refractivity contribution is 7.73. The summed E-state index contributed by atoms with van der Waals surface area (Å²) in [6.07, 6.45) is 12.2. The van der Waals surface area contributed by atoms with Gasteiger partial charge in [0.05, 0.1) is 0 Å². The SMILES string of the molecule is CC(C)C1CCCC1P(c1ccccc1)c1ccccc1.OCCCC1CCCC1. The Morgan fingerprint density at radius 2 is 1.37 bits per heavy atom. The van der Waals surface area contributed by atoms with Gasteiger partial charge in [-0.3, -0.25) is 0 Å². The van der Waals surface area contributed by atoms with E-state index in [0.29, 0.717) is 6.61 Å². The monoisotopic (exact) mass is 424 g/mol. The fraction of sp³-hybridized carbons (Fsp3) is 0.571. The first kappa shape index (κ1) is 23.5. The van der Waals surface area contributed by atoms with E-state index in [1.54, 1.807) is 10.6 Å². The lowest BCUT2D eigenvalue weighted by Crippen LogP contribution is -2.27. The topological polar surface area (TPSA) is 20.2 Å². The van der Waals surface area contributed by atoms with Gasteiger partial charge in [0, 0.05) is 6.61 Å². The third-order valence-electron chi connectivity index (χ3n) is 7.03. The lowest BCUT2D eigenvalue weighted by molar-refractivity contribution is 0.271. The van der Waals surface area contributed by atoms with Crippen LogP contribution in [-0.2, 0) is 0 Å². The first-order valence-corrected chi connectivity index (χ1v) is 13.6. The van der Waals surface area contributed by atoms with Crippen LogP contribution in [-0.4, -0.2) is 17.4 Å². The molecule has 2 aliphatic carbocycles. The van der Waals surface area contributed by atoms with Crippen LogP contribution >= 0.6 is 7.92 Å². The van der Waals surface area contributed by atoms with Gasteiger partial charge in [-0.15, -0.1) is 0 Å². The van der Waals surface area contributed by atoms with Crippen LogP contribution in [0.2, 0.25) is 0 Å². The van der Waals surface area contributed by atoms with Gasteiger partial charge in [-0.25, -0.2) is 0 Å². The fourth-order valence-corrected chi connectivity index (χ4v) is 8.82. The van der Waals surface area contributed by atoms with Gasteiger partial charge in [-0.2, -0.15) is 0 Å². The molecule has 30 heavy (non-hydrogen) atoms. The zero-order chi connectivity index (χ0) is 21.2. The molecule has 2 aliphatic rings. The predicted octanol–water partition coefficient (Wildman–Crippen LogP) is 6.89. The van der Waals surface area contributed by atoms with Crippen molar-refractivity contribution in [1.29, 1.82) is 0 Å². The van der Waals surface area contributed by atoms with Crippen LogP contribution in [0.5, 0.6) is 0 Å². The smallest absolute Gasteiger partial charge is 0.0431 e. The van der Waals surface area contributed by atoms with Gasteiger partial charge in [0.2, 0.25) is 0 Å². The van der Waals surface area contributed by atoms with Gasteiger partial charge in [0.25, 0.3) is 0 Å². The van der Waals surface area contributed by atoms with E-state index in [9.17, 15) is 0 Å². The summed E-state index contributed by atoms with van der Waals surface area (Å²) >= 11 is 0. The molecule has 4 rings (SSSR count). The number of aliphatic hydroxyl groups is 1. The molecular formula is C28H41OP. The average molecular weight is 425 g/mol. The molecule has 0 saturated heterocycles. The molecule has 2 heteroatoms. The summed E-state index contributed by atoms with van der Waals surface area (Å²) in [5.41, 5.74) is 0.852. The fourth-order valence-electron chi connectivity index (χ4n) is 5.46. The number of hydrogen-bond donors (Lipinski definition) is 1. The quantitative estimate of drug-likeness (QED) is 0.480. The normalized spacial score (nSPS) is 21.8. The highest BCUT2D eigenvalue weighted by Crippen LogP contribution is 2.51. The zero-order valence-electron chi connectivity index (χ0n) is 19.0. The lowest BCUT2D eigenvalue weighted by Gasteiger charge is -2.32. The number of benzene rings is 2. The van der Waals surface area contributed by atoms with Crippen LogP contribution in [0.4, 0.5) is 0 Å². The summed E-state index contributed by atoms with van der Waals surface area (Å²) in [4.78, 5) is 0. The summed E-state index contributed by atoms with van der Waals surface area (Å²) in [6.45, 7) is 5.20. The molecule has 2 fully saturated rings. The van der Waals surface area contributed by atoms with Crippen molar-refractivity contribution in [2.24, 2.45) is 17.8 Å². The average Bonchev–Trinajstić information content (AvgIpc) is 3.47. The first-order chi connectivity index (χ1) is 14.7. The van der Waals surface area contributed by atoms with E-state index in [-0.39, 0.29) is 7.92 Å². The zero-order valence-corrected chi connectivity index (χ0v) is 19.9. The molecule has 2 aromatic carbocycles. The second kappa shape index (κ2) is 12.6. The number of rotatable bonds is 7. The van der Waals surface area contributed by atoms with Gasteiger partial charge in [-0.05, 0) is 67.6 Å². The van der Waals surface area contributed by atoms with Crippen molar-refractivity contribution in [3.8, 4) is 0 Å². The van der Waals surface area contributed by atoms with Crippen molar-refractivity contribution in [1.82, 2.24) is 0 Å². The van der Waals surface area contributed by atoms with E-state index in [1.165, 1.54) is 51.4 Å². The number of hydrogen-bond acceptors (Lipinski definition) is 1. The second-order valence-electron chi connectivity index (χ2n) is 9.46. The van der Waals surface area contributed by atoms with E-state index in [4.69, 9.17) is 5.11 Å². The summed E-state index contributed by atoms with van der Waals surface area (Å²) in [5.74, 6) is 2.64. The summed E-state index contributed by atoms with van der Waals surface area (Å²) in [6, 6.07) is 22.4. The Morgan fingerprint density at radius 1 is 0.800 bits per heavy atom. The standard InChI is InChI=1S/C20H25P.C8H16O/c1-16(2)19-14-9-15-20(19)21(17-10-5-3-6-11-17)18-12-7-4-8-13-18;9-7-3-6-8-4-1-2-5-8/h3-8,10-13,16,19-20H,9,14-15H2,1-2H3;8-9H,1-7H2. The van der Waals surface area contributed by atoms with Crippen LogP contribution in [0.15, 0.2) is 60.7 Å². The molecule has 0 amide bonds.